The van der Waals surface area contributed by atoms with Crippen LogP contribution in [0.2, 0.25) is 0 Å². The van der Waals surface area contributed by atoms with Crippen molar-refractivity contribution in [2.24, 2.45) is 4.99 Å². The molecule has 0 aliphatic rings. The van der Waals surface area contributed by atoms with Crippen molar-refractivity contribution in [2.75, 3.05) is 6.54 Å². The van der Waals surface area contributed by atoms with Gasteiger partial charge in [0.25, 0.3) is 0 Å². The van der Waals surface area contributed by atoms with Crippen molar-refractivity contribution >= 4 is 24.1 Å². The molecule has 0 aliphatic carbocycles. The lowest BCUT2D eigenvalue weighted by molar-refractivity contribution is -0.155. The number of aliphatic hydroxyl groups excluding tert-OH is 1. The molecule has 0 fully saturated rings. The van der Waals surface area contributed by atoms with Crippen molar-refractivity contribution < 1.29 is 33.7 Å². The van der Waals surface area contributed by atoms with Crippen LogP contribution in [0, 0.1) is 0 Å². The largest absolute Gasteiger partial charge is 0.459 e. The Morgan fingerprint density at radius 2 is 1.08 bits per heavy atom. The number of amides is 2. The highest BCUT2D eigenvalue weighted by atomic mass is 16.6. The van der Waals surface area contributed by atoms with Crippen molar-refractivity contribution in [1.29, 1.82) is 0 Å². The van der Waals surface area contributed by atoms with Crippen LogP contribution in [0.25, 0.3) is 0 Å². The first-order valence-electron chi connectivity index (χ1n) is 12.4. The first-order chi connectivity index (χ1) is 19.0. The monoisotopic (exact) mass is 533 g/mol. The zero-order valence-corrected chi connectivity index (χ0v) is 21.3. The first kappa shape index (κ1) is 28.9. The summed E-state index contributed by atoms with van der Waals surface area (Å²) in [7, 11) is 0. The maximum Gasteiger partial charge on any atom is 0.414 e. The zero-order valence-electron chi connectivity index (χ0n) is 21.3. The predicted octanol–water partition coefficient (Wildman–Crippen LogP) is 4.08. The molecule has 10 heteroatoms. The van der Waals surface area contributed by atoms with Crippen LogP contribution in [0.3, 0.4) is 0 Å². The van der Waals surface area contributed by atoms with E-state index < -0.39 is 24.3 Å². The molecule has 0 saturated heterocycles. The number of aliphatic imine (C=N–C) groups is 1. The Bertz CT molecular complexity index is 1150. The molecule has 3 aromatic rings. The highest BCUT2D eigenvalue weighted by Gasteiger charge is 2.17. The van der Waals surface area contributed by atoms with Gasteiger partial charge < -0.3 is 19.3 Å². The van der Waals surface area contributed by atoms with E-state index in [1.807, 2.05) is 66.7 Å². The van der Waals surface area contributed by atoms with Crippen LogP contribution in [0.4, 0.5) is 9.59 Å². The SMILES string of the molecule is O=C(NC(=NCCC[C@H](O)C(=O)OCc1ccccc1)NC(=O)OCc1ccccc1)OCc1ccccc1. The number of rotatable bonds is 11. The molecule has 0 saturated carbocycles. The Morgan fingerprint density at radius 3 is 1.51 bits per heavy atom. The van der Waals surface area contributed by atoms with E-state index in [4.69, 9.17) is 14.2 Å². The molecule has 204 valence electrons. The normalized spacial score (nSPS) is 11.0. The van der Waals surface area contributed by atoms with Crippen molar-refractivity contribution in [3.8, 4) is 0 Å². The van der Waals surface area contributed by atoms with Crippen molar-refractivity contribution in [3.05, 3.63) is 108 Å². The number of carbonyl (C=O) groups is 3. The second-order valence-electron chi connectivity index (χ2n) is 8.36. The molecule has 0 radical (unpaired) electrons. The minimum Gasteiger partial charge on any atom is -0.459 e. The average Bonchev–Trinajstić information content (AvgIpc) is 2.97. The minimum absolute atomic E-state index is 0.0235. The van der Waals surface area contributed by atoms with E-state index in [-0.39, 0.29) is 45.2 Å². The highest BCUT2D eigenvalue weighted by Crippen LogP contribution is 2.06. The van der Waals surface area contributed by atoms with Gasteiger partial charge in [-0.25, -0.2) is 14.4 Å². The summed E-state index contributed by atoms with van der Waals surface area (Å²) in [4.78, 5) is 40.8. The van der Waals surface area contributed by atoms with Gasteiger partial charge in [-0.3, -0.25) is 15.6 Å². The lowest BCUT2D eigenvalue weighted by atomic mass is 10.2. The third-order valence-corrected chi connectivity index (χ3v) is 5.27. The van der Waals surface area contributed by atoms with Crippen molar-refractivity contribution in [1.82, 2.24) is 10.6 Å². The molecule has 0 aromatic heterocycles. The molecular weight excluding hydrogens is 502 g/mol. The van der Waals surface area contributed by atoms with Crippen LogP contribution in [0.15, 0.2) is 96.0 Å². The van der Waals surface area contributed by atoms with Crippen molar-refractivity contribution in [3.63, 3.8) is 0 Å². The fourth-order valence-corrected chi connectivity index (χ4v) is 3.24. The number of benzene rings is 3. The van der Waals surface area contributed by atoms with Gasteiger partial charge in [-0.2, -0.15) is 0 Å². The molecule has 0 aliphatic heterocycles. The van der Waals surface area contributed by atoms with Gasteiger partial charge in [0.2, 0.25) is 5.96 Å². The van der Waals surface area contributed by atoms with Crippen LogP contribution < -0.4 is 10.6 Å². The molecular formula is C29H31N3O7. The van der Waals surface area contributed by atoms with E-state index >= 15 is 0 Å². The van der Waals surface area contributed by atoms with Gasteiger partial charge in [-0.15, -0.1) is 0 Å². The molecule has 2 amide bonds. The number of ether oxygens (including phenoxy) is 3. The molecule has 3 aromatic carbocycles. The lowest BCUT2D eigenvalue weighted by Gasteiger charge is -2.12. The number of esters is 1. The summed E-state index contributed by atoms with van der Waals surface area (Å²) in [5.74, 6) is -0.930. The van der Waals surface area contributed by atoms with Gasteiger partial charge >= 0.3 is 18.2 Å². The van der Waals surface area contributed by atoms with Crippen LogP contribution in [0.1, 0.15) is 29.5 Å². The maximum atomic E-state index is 12.3. The summed E-state index contributed by atoms with van der Waals surface area (Å²) >= 11 is 0. The minimum atomic E-state index is -1.33. The fraction of sp³-hybridized carbons (Fsp3) is 0.241. The van der Waals surface area contributed by atoms with E-state index in [1.165, 1.54) is 0 Å². The second kappa shape index (κ2) is 16.2. The third-order valence-electron chi connectivity index (χ3n) is 5.27. The van der Waals surface area contributed by atoms with Gasteiger partial charge in [-0.05, 0) is 29.5 Å². The summed E-state index contributed by atoms with van der Waals surface area (Å²) in [5, 5.41) is 14.9. The number of guanidine groups is 1. The van der Waals surface area contributed by atoms with E-state index in [2.05, 4.69) is 15.6 Å². The molecule has 3 N–H and O–H groups in total. The topological polar surface area (TPSA) is 136 Å². The van der Waals surface area contributed by atoms with Gasteiger partial charge in [0.1, 0.15) is 19.8 Å². The number of aliphatic hydroxyl groups is 1. The molecule has 0 unspecified atom stereocenters. The van der Waals surface area contributed by atoms with Crippen LogP contribution in [0.5, 0.6) is 0 Å². The third kappa shape index (κ3) is 11.5. The Balaban J connectivity index is 1.48. The quantitative estimate of drug-likeness (QED) is 0.111. The Hall–Kier alpha value is -4.70. The second-order valence-corrected chi connectivity index (χ2v) is 8.36. The summed E-state index contributed by atoms with van der Waals surface area (Å²) in [6.07, 6.45) is -2.65. The molecule has 0 spiro atoms. The molecule has 0 bridgehead atoms. The lowest BCUT2D eigenvalue weighted by Crippen LogP contribution is -2.44. The number of hydrogen-bond acceptors (Lipinski definition) is 8. The van der Waals surface area contributed by atoms with E-state index in [9.17, 15) is 19.5 Å². The summed E-state index contributed by atoms with van der Waals surface area (Å²) in [6.45, 7) is 0.185. The standard InChI is InChI=1S/C29H31N3O7/c33-25(26(34)37-19-22-11-4-1-5-12-22)17-10-18-30-27(31-28(35)38-20-23-13-6-2-7-14-23)32-29(36)39-21-24-15-8-3-9-16-24/h1-9,11-16,25,33H,10,17-21H2,(H2,30,31,32,35,36)/t25-/m0/s1. The number of carbonyl (C=O) groups excluding carboxylic acids is 3. The zero-order chi connectivity index (χ0) is 27.7. The average molecular weight is 534 g/mol. The summed E-state index contributed by atoms with van der Waals surface area (Å²) in [5.41, 5.74) is 2.38. The highest BCUT2D eigenvalue weighted by molar-refractivity contribution is 6.01. The van der Waals surface area contributed by atoms with E-state index in [0.29, 0.717) is 0 Å². The van der Waals surface area contributed by atoms with Crippen LogP contribution in [-0.4, -0.2) is 41.9 Å². The van der Waals surface area contributed by atoms with E-state index in [0.717, 1.165) is 16.7 Å². The Morgan fingerprint density at radius 1 is 0.667 bits per heavy atom. The number of alkyl carbamates (subject to hydrolysis) is 2. The van der Waals surface area contributed by atoms with Crippen LogP contribution in [-0.2, 0) is 38.8 Å². The van der Waals surface area contributed by atoms with Gasteiger partial charge in [0.05, 0.1) is 0 Å². The predicted molar refractivity (Wildman–Crippen MR) is 143 cm³/mol. The molecule has 3 rings (SSSR count). The number of nitrogens with one attached hydrogen (secondary N) is 2. The Labute approximate surface area is 226 Å². The van der Waals surface area contributed by atoms with Crippen molar-refractivity contribution in [2.45, 2.75) is 38.8 Å². The first-order valence-corrected chi connectivity index (χ1v) is 12.4. The van der Waals surface area contributed by atoms with Gasteiger partial charge in [-0.1, -0.05) is 91.0 Å². The maximum absolute atomic E-state index is 12.3. The van der Waals surface area contributed by atoms with Gasteiger partial charge in [0, 0.05) is 6.54 Å². The van der Waals surface area contributed by atoms with Gasteiger partial charge in [0.15, 0.2) is 6.10 Å². The summed E-state index contributed by atoms with van der Waals surface area (Å²) < 4.78 is 15.5. The summed E-state index contributed by atoms with van der Waals surface area (Å²) in [6, 6.07) is 27.3. The molecule has 39 heavy (non-hydrogen) atoms. The van der Waals surface area contributed by atoms with Crippen LogP contribution >= 0.6 is 0 Å². The fourth-order valence-electron chi connectivity index (χ4n) is 3.24. The van der Waals surface area contributed by atoms with E-state index in [1.54, 1.807) is 24.3 Å². The molecule has 1 atom stereocenters. The smallest absolute Gasteiger partial charge is 0.414 e. The number of nitrogens with zero attached hydrogens (tertiary/aromatic N) is 1. The number of hydrogen-bond donors (Lipinski definition) is 3. The molecule has 0 heterocycles. The molecule has 10 nitrogen and oxygen atoms in total. The Kier molecular flexibility index (Phi) is 12.0.